The van der Waals surface area contributed by atoms with Gasteiger partial charge in [0.2, 0.25) is 0 Å². The first-order chi connectivity index (χ1) is 16.5. The van der Waals surface area contributed by atoms with Gasteiger partial charge < -0.3 is 14.5 Å². The molecular weight excluding hydrogens is 464 g/mol. The Labute approximate surface area is 210 Å². The highest BCUT2D eigenvalue weighted by molar-refractivity contribution is 8.19. The van der Waals surface area contributed by atoms with Crippen LogP contribution in [-0.4, -0.2) is 49.3 Å². The molecule has 8 heteroatoms. The third-order valence-corrected chi connectivity index (χ3v) is 8.18. The predicted octanol–water partition coefficient (Wildman–Crippen LogP) is 6.09. The minimum Gasteiger partial charge on any atom is -0.497 e. The summed E-state index contributed by atoms with van der Waals surface area (Å²) in [6.07, 6.45) is 1.74. The second kappa shape index (κ2) is 10.6. The number of ether oxygens (including phenoxy) is 1. The van der Waals surface area contributed by atoms with E-state index in [2.05, 4.69) is 49.3 Å². The van der Waals surface area contributed by atoms with Crippen LogP contribution in [0.2, 0.25) is 0 Å². The van der Waals surface area contributed by atoms with Crippen molar-refractivity contribution in [2.24, 2.45) is 4.99 Å². The third-order valence-electron chi connectivity index (χ3n) is 5.80. The molecule has 6 nitrogen and oxygen atoms in total. The minimum absolute atomic E-state index is 0.0378. The van der Waals surface area contributed by atoms with Gasteiger partial charge in [-0.25, -0.2) is 4.99 Å². The van der Waals surface area contributed by atoms with Gasteiger partial charge in [0.05, 0.1) is 18.5 Å². The van der Waals surface area contributed by atoms with Crippen LogP contribution in [0.4, 0.5) is 17.1 Å². The number of thioether (sulfide) groups is 2. The number of amidine groups is 1. The molecule has 2 aromatic carbocycles. The van der Waals surface area contributed by atoms with Crippen molar-refractivity contribution < 1.29 is 9.53 Å². The van der Waals surface area contributed by atoms with Crippen molar-refractivity contribution in [3.8, 4) is 5.75 Å². The van der Waals surface area contributed by atoms with E-state index in [0.29, 0.717) is 16.6 Å². The lowest BCUT2D eigenvalue weighted by Crippen LogP contribution is -2.30. The van der Waals surface area contributed by atoms with Crippen molar-refractivity contribution >= 4 is 51.7 Å². The molecule has 0 radical (unpaired) electrons. The second-order valence-corrected chi connectivity index (χ2v) is 9.71. The van der Waals surface area contributed by atoms with Crippen LogP contribution in [0.25, 0.3) is 0 Å². The zero-order valence-corrected chi connectivity index (χ0v) is 21.7. The quantitative estimate of drug-likeness (QED) is 0.327. The van der Waals surface area contributed by atoms with E-state index in [0.717, 1.165) is 46.7 Å². The van der Waals surface area contributed by atoms with E-state index < -0.39 is 0 Å². The van der Waals surface area contributed by atoms with E-state index in [-0.39, 0.29) is 5.91 Å². The maximum absolute atomic E-state index is 13.5. The number of hydrogen-bond donors (Lipinski definition) is 0. The number of carbonyl (C=O) groups excluding carboxylic acids is 1. The number of hydrogen-bond acceptors (Lipinski definition) is 7. The predicted molar refractivity (Wildman–Crippen MR) is 145 cm³/mol. The van der Waals surface area contributed by atoms with Gasteiger partial charge in [-0.2, -0.15) is 0 Å². The molecule has 1 amide bonds. The molecule has 34 heavy (non-hydrogen) atoms. The van der Waals surface area contributed by atoms with Crippen molar-refractivity contribution in [3.05, 3.63) is 65.1 Å². The highest BCUT2D eigenvalue weighted by Crippen LogP contribution is 2.51. The molecule has 0 saturated carbocycles. The third kappa shape index (κ3) is 4.57. The monoisotopic (exact) mass is 494 g/mol. The van der Waals surface area contributed by atoms with E-state index in [4.69, 9.17) is 9.73 Å². The van der Waals surface area contributed by atoms with Gasteiger partial charge in [-0.3, -0.25) is 9.69 Å². The number of fused-ring (bicyclic) bond motifs is 1. The van der Waals surface area contributed by atoms with Gasteiger partial charge in [-0.15, -0.1) is 6.58 Å². The summed E-state index contributed by atoms with van der Waals surface area (Å²) in [6, 6.07) is 14.2. The Kier molecular flexibility index (Phi) is 7.58. The number of aliphatic imine (C=N–C) groups is 1. The molecule has 2 aromatic rings. The van der Waals surface area contributed by atoms with Crippen LogP contribution in [0, 0.1) is 0 Å². The fourth-order valence-electron chi connectivity index (χ4n) is 4.02. The van der Waals surface area contributed by atoms with Crippen LogP contribution in [-0.2, 0) is 4.79 Å². The molecule has 1 saturated heterocycles. The molecule has 2 aliphatic heterocycles. The molecule has 2 heterocycles. The number of carbonyl (C=O) groups is 1. The van der Waals surface area contributed by atoms with Gasteiger partial charge >= 0.3 is 0 Å². The van der Waals surface area contributed by atoms with Gasteiger partial charge in [-0.05, 0) is 68.9 Å². The molecule has 1 fully saturated rings. The van der Waals surface area contributed by atoms with Crippen LogP contribution in [0.3, 0.4) is 0 Å². The van der Waals surface area contributed by atoms with E-state index in [1.165, 1.54) is 17.4 Å². The highest BCUT2D eigenvalue weighted by atomic mass is 32.2. The van der Waals surface area contributed by atoms with E-state index >= 15 is 0 Å². The van der Waals surface area contributed by atoms with Crippen molar-refractivity contribution in [2.45, 2.75) is 25.7 Å². The normalized spacial score (nSPS) is 18.6. The molecule has 4 rings (SSSR count). The van der Waals surface area contributed by atoms with E-state index in [1.54, 1.807) is 29.8 Å². The van der Waals surface area contributed by atoms with Crippen molar-refractivity contribution in [2.75, 3.05) is 43.1 Å². The Morgan fingerprint density at radius 3 is 2.41 bits per heavy atom. The summed E-state index contributed by atoms with van der Waals surface area (Å²) >= 11 is 3.06. The number of benzene rings is 2. The topological polar surface area (TPSA) is 48.4 Å². The van der Waals surface area contributed by atoms with Gasteiger partial charge in [0.15, 0.2) is 5.17 Å². The smallest absolute Gasteiger partial charge is 0.269 e. The summed E-state index contributed by atoms with van der Waals surface area (Å²) < 4.78 is 5.42. The zero-order chi connectivity index (χ0) is 24.2. The largest absolute Gasteiger partial charge is 0.497 e. The van der Waals surface area contributed by atoms with Gasteiger partial charge in [0.25, 0.3) is 5.91 Å². The van der Waals surface area contributed by atoms with Crippen molar-refractivity contribution in [3.63, 3.8) is 0 Å². The number of amides is 1. The molecule has 0 N–H and O–H groups in total. The summed E-state index contributed by atoms with van der Waals surface area (Å²) in [5.74, 6) is 0.766. The maximum Gasteiger partial charge on any atom is 0.269 e. The standard InChI is InChI=1S/C26H30N4O2S2/c1-6-16-30-24(31)23(25-29(9-4)21-17-20(32-5)14-15-22(21)33-25)34-26(30)27-18-10-12-19(13-11-18)28(7-2)8-3/h6,10-15,17H,1,7-9,16H2,2-5H3. The summed E-state index contributed by atoms with van der Waals surface area (Å²) in [6.45, 7) is 13.3. The SMILES string of the molecule is C=CCN1C(=O)C(=C2Sc3ccc(OC)cc3N2CC)SC1=Nc1ccc(N(CC)CC)cc1. The molecule has 0 atom stereocenters. The van der Waals surface area contributed by atoms with Crippen LogP contribution in [0.15, 0.2) is 74.9 Å². The molecule has 0 unspecified atom stereocenters. The Hall–Kier alpha value is -2.84. The van der Waals surface area contributed by atoms with E-state index in [9.17, 15) is 4.79 Å². The van der Waals surface area contributed by atoms with Crippen LogP contribution >= 0.6 is 23.5 Å². The van der Waals surface area contributed by atoms with Crippen molar-refractivity contribution in [1.29, 1.82) is 0 Å². The molecule has 178 valence electrons. The first-order valence-corrected chi connectivity index (χ1v) is 13.1. The Morgan fingerprint density at radius 1 is 1.06 bits per heavy atom. The maximum atomic E-state index is 13.5. The molecule has 0 bridgehead atoms. The molecular formula is C26H30N4O2S2. The van der Waals surface area contributed by atoms with Crippen molar-refractivity contribution in [1.82, 2.24) is 4.90 Å². The van der Waals surface area contributed by atoms with E-state index in [1.807, 2.05) is 30.3 Å². The number of anilines is 2. The fourth-order valence-corrected chi connectivity index (χ4v) is 6.40. The van der Waals surface area contributed by atoms with Crippen LogP contribution in [0.1, 0.15) is 20.8 Å². The molecule has 0 spiro atoms. The first-order valence-electron chi connectivity index (χ1n) is 11.5. The molecule has 2 aliphatic rings. The highest BCUT2D eigenvalue weighted by Gasteiger charge is 2.39. The average Bonchev–Trinajstić information content (AvgIpc) is 3.37. The summed E-state index contributed by atoms with van der Waals surface area (Å²) in [5, 5.41) is 1.62. The lowest BCUT2D eigenvalue weighted by atomic mass is 10.2. The summed E-state index contributed by atoms with van der Waals surface area (Å²) in [5.41, 5.74) is 3.06. The van der Waals surface area contributed by atoms with Crippen LogP contribution < -0.4 is 14.5 Å². The Bertz CT molecular complexity index is 1140. The fraction of sp³-hybridized carbons (Fsp3) is 0.308. The summed E-state index contributed by atoms with van der Waals surface area (Å²) in [4.78, 5) is 26.3. The molecule has 0 aliphatic carbocycles. The summed E-state index contributed by atoms with van der Waals surface area (Å²) in [7, 11) is 1.67. The average molecular weight is 495 g/mol. The van der Waals surface area contributed by atoms with Gasteiger partial charge in [-0.1, -0.05) is 17.8 Å². The number of methoxy groups -OCH3 is 1. The molecule has 0 aromatic heterocycles. The Morgan fingerprint density at radius 2 is 1.79 bits per heavy atom. The Balaban J connectivity index is 1.68. The minimum atomic E-state index is -0.0378. The lowest BCUT2D eigenvalue weighted by molar-refractivity contribution is -0.121. The number of nitrogens with zero attached hydrogens (tertiary/aromatic N) is 4. The lowest BCUT2D eigenvalue weighted by Gasteiger charge is -2.20. The second-order valence-electron chi connectivity index (χ2n) is 7.70. The number of rotatable bonds is 8. The zero-order valence-electron chi connectivity index (χ0n) is 20.1. The van der Waals surface area contributed by atoms with Gasteiger partial charge in [0, 0.05) is 42.8 Å². The van der Waals surface area contributed by atoms with Crippen LogP contribution in [0.5, 0.6) is 5.75 Å². The first kappa shape index (κ1) is 24.3. The van der Waals surface area contributed by atoms with Gasteiger partial charge in [0.1, 0.15) is 15.7 Å².